The number of carbonyl (C=O) groups is 1. The van der Waals surface area contributed by atoms with Gasteiger partial charge < -0.3 is 14.3 Å². The van der Waals surface area contributed by atoms with Crippen LogP contribution in [-0.4, -0.2) is 11.1 Å². The minimum atomic E-state index is -0.542. The first-order valence-electron chi connectivity index (χ1n) is 7.59. The quantitative estimate of drug-likeness (QED) is 0.528. The van der Waals surface area contributed by atoms with E-state index in [2.05, 4.69) is 6.92 Å². The maximum atomic E-state index is 11.5. The molecule has 0 aromatic carbocycles. The maximum absolute atomic E-state index is 11.5. The van der Waals surface area contributed by atoms with Gasteiger partial charge >= 0.3 is 5.97 Å². The first kappa shape index (κ1) is 17.3. The van der Waals surface area contributed by atoms with Crippen molar-refractivity contribution in [2.24, 2.45) is 0 Å². The third-order valence-electron chi connectivity index (χ3n) is 3.23. The van der Waals surface area contributed by atoms with Crippen LogP contribution in [0.5, 0.6) is 5.75 Å². The lowest BCUT2D eigenvalue weighted by Crippen LogP contribution is -2.06. The summed E-state index contributed by atoms with van der Waals surface area (Å²) < 4.78 is 9.96. The topological polar surface area (TPSA) is 76.7 Å². The van der Waals surface area contributed by atoms with Gasteiger partial charge in [0.15, 0.2) is 5.75 Å². The van der Waals surface area contributed by atoms with Gasteiger partial charge in [-0.3, -0.25) is 9.59 Å². The van der Waals surface area contributed by atoms with Crippen LogP contribution in [0.2, 0.25) is 0 Å². The lowest BCUT2D eigenvalue weighted by atomic mass is 10.1. The SMILES string of the molecule is CCCCCCCCCC(=O)OCc1cc(=O)c(O)co1. The van der Waals surface area contributed by atoms with Crippen molar-refractivity contribution in [1.82, 2.24) is 0 Å². The Balaban J connectivity index is 2.11. The van der Waals surface area contributed by atoms with Gasteiger partial charge in [-0.25, -0.2) is 0 Å². The van der Waals surface area contributed by atoms with E-state index in [1.165, 1.54) is 25.7 Å². The zero-order valence-electron chi connectivity index (χ0n) is 12.6. The molecule has 1 rings (SSSR count). The van der Waals surface area contributed by atoms with Crippen molar-refractivity contribution in [3.8, 4) is 5.75 Å². The molecule has 0 aliphatic rings. The fraction of sp³-hybridized carbons (Fsp3) is 0.625. The number of rotatable bonds is 10. The summed E-state index contributed by atoms with van der Waals surface area (Å²) in [6.45, 7) is 2.11. The Morgan fingerprint density at radius 2 is 1.86 bits per heavy atom. The van der Waals surface area contributed by atoms with E-state index >= 15 is 0 Å². The Morgan fingerprint density at radius 3 is 2.52 bits per heavy atom. The summed E-state index contributed by atoms with van der Waals surface area (Å²) in [5.74, 6) is -0.516. The molecule has 0 bridgehead atoms. The Labute approximate surface area is 124 Å². The largest absolute Gasteiger partial charge is 0.502 e. The van der Waals surface area contributed by atoms with Crippen molar-refractivity contribution >= 4 is 5.97 Å². The molecule has 0 atom stereocenters. The number of hydrogen-bond acceptors (Lipinski definition) is 5. The van der Waals surface area contributed by atoms with Crippen molar-refractivity contribution in [3.63, 3.8) is 0 Å². The van der Waals surface area contributed by atoms with E-state index in [0.717, 1.165) is 31.6 Å². The first-order valence-corrected chi connectivity index (χ1v) is 7.59. The number of aromatic hydroxyl groups is 1. The average Bonchev–Trinajstić information content (AvgIpc) is 2.47. The summed E-state index contributed by atoms with van der Waals surface area (Å²) >= 11 is 0. The number of hydrogen-bond donors (Lipinski definition) is 1. The van der Waals surface area contributed by atoms with Gasteiger partial charge in [-0.2, -0.15) is 0 Å². The fourth-order valence-electron chi connectivity index (χ4n) is 1.97. The van der Waals surface area contributed by atoms with E-state index in [9.17, 15) is 9.59 Å². The highest BCUT2D eigenvalue weighted by Gasteiger charge is 2.06. The molecule has 1 aromatic rings. The third-order valence-corrected chi connectivity index (χ3v) is 3.23. The highest BCUT2D eigenvalue weighted by Crippen LogP contribution is 2.10. The van der Waals surface area contributed by atoms with Crippen LogP contribution in [0.4, 0.5) is 0 Å². The lowest BCUT2D eigenvalue weighted by Gasteiger charge is -2.04. The molecule has 118 valence electrons. The Hall–Kier alpha value is -1.78. The Morgan fingerprint density at radius 1 is 1.19 bits per heavy atom. The highest BCUT2D eigenvalue weighted by atomic mass is 16.5. The van der Waals surface area contributed by atoms with Crippen LogP contribution in [0.3, 0.4) is 0 Å². The minimum Gasteiger partial charge on any atom is -0.502 e. The number of esters is 1. The van der Waals surface area contributed by atoms with Crippen molar-refractivity contribution in [3.05, 3.63) is 28.3 Å². The molecule has 0 aliphatic carbocycles. The summed E-state index contributed by atoms with van der Waals surface area (Å²) in [4.78, 5) is 22.7. The van der Waals surface area contributed by atoms with Crippen LogP contribution in [0.25, 0.3) is 0 Å². The van der Waals surface area contributed by atoms with Gasteiger partial charge in [0.05, 0.1) is 0 Å². The molecular formula is C16H24O5. The summed E-state index contributed by atoms with van der Waals surface area (Å²) in [5, 5.41) is 9.03. The maximum Gasteiger partial charge on any atom is 0.306 e. The van der Waals surface area contributed by atoms with Crippen LogP contribution >= 0.6 is 0 Å². The van der Waals surface area contributed by atoms with Crippen LogP contribution in [-0.2, 0) is 16.1 Å². The molecule has 0 amide bonds. The van der Waals surface area contributed by atoms with Gasteiger partial charge in [-0.1, -0.05) is 45.4 Å². The van der Waals surface area contributed by atoms with Crippen LogP contribution in [0, 0.1) is 0 Å². The highest BCUT2D eigenvalue weighted by molar-refractivity contribution is 5.69. The molecular weight excluding hydrogens is 272 g/mol. The van der Waals surface area contributed by atoms with E-state index < -0.39 is 11.2 Å². The van der Waals surface area contributed by atoms with Gasteiger partial charge in [0.2, 0.25) is 5.43 Å². The van der Waals surface area contributed by atoms with Crippen molar-refractivity contribution in [2.45, 2.75) is 64.9 Å². The normalized spacial score (nSPS) is 10.5. The van der Waals surface area contributed by atoms with Crippen LogP contribution < -0.4 is 5.43 Å². The lowest BCUT2D eigenvalue weighted by molar-refractivity contribution is -0.145. The van der Waals surface area contributed by atoms with Crippen molar-refractivity contribution in [2.75, 3.05) is 0 Å². The zero-order valence-corrected chi connectivity index (χ0v) is 12.6. The van der Waals surface area contributed by atoms with Crippen molar-refractivity contribution in [1.29, 1.82) is 0 Å². The Kier molecular flexibility index (Phi) is 8.24. The smallest absolute Gasteiger partial charge is 0.306 e. The predicted octanol–water partition coefficient (Wildman–Crippen LogP) is 3.53. The molecule has 0 fully saturated rings. The fourth-order valence-corrected chi connectivity index (χ4v) is 1.97. The number of carbonyl (C=O) groups excluding carboxylic acids is 1. The van der Waals surface area contributed by atoms with Gasteiger partial charge in [0, 0.05) is 12.5 Å². The summed E-state index contributed by atoms with van der Waals surface area (Å²) in [6, 6.07) is 1.12. The summed E-state index contributed by atoms with van der Waals surface area (Å²) in [7, 11) is 0. The molecule has 1 heterocycles. The third kappa shape index (κ3) is 7.54. The van der Waals surface area contributed by atoms with E-state index in [1.54, 1.807) is 0 Å². The van der Waals surface area contributed by atoms with E-state index in [0.29, 0.717) is 6.42 Å². The molecule has 21 heavy (non-hydrogen) atoms. The summed E-state index contributed by atoms with van der Waals surface area (Å²) in [5.41, 5.74) is -0.542. The molecule has 0 spiro atoms. The molecule has 5 nitrogen and oxygen atoms in total. The van der Waals surface area contributed by atoms with Gasteiger partial charge in [-0.05, 0) is 6.42 Å². The van der Waals surface area contributed by atoms with E-state index in [1.807, 2.05) is 0 Å². The van der Waals surface area contributed by atoms with E-state index in [4.69, 9.17) is 14.3 Å². The minimum absolute atomic E-state index is 0.0785. The average molecular weight is 296 g/mol. The monoisotopic (exact) mass is 296 g/mol. The second-order valence-electron chi connectivity index (χ2n) is 5.13. The molecule has 0 aliphatic heterocycles. The van der Waals surface area contributed by atoms with Crippen LogP contribution in [0.15, 0.2) is 21.5 Å². The van der Waals surface area contributed by atoms with Crippen LogP contribution in [0.1, 0.15) is 64.1 Å². The Bertz CT molecular complexity index is 478. The molecule has 1 aromatic heterocycles. The second kappa shape index (κ2) is 10.0. The van der Waals surface area contributed by atoms with Crippen molar-refractivity contribution < 1.29 is 19.1 Å². The zero-order chi connectivity index (χ0) is 15.5. The molecule has 0 saturated heterocycles. The van der Waals surface area contributed by atoms with Gasteiger partial charge in [0.1, 0.15) is 18.6 Å². The van der Waals surface area contributed by atoms with Gasteiger partial charge in [-0.15, -0.1) is 0 Å². The van der Waals surface area contributed by atoms with E-state index in [-0.39, 0.29) is 18.3 Å². The molecule has 0 radical (unpaired) electrons. The van der Waals surface area contributed by atoms with Gasteiger partial charge in [0.25, 0.3) is 0 Å². The predicted molar refractivity (Wildman–Crippen MR) is 79.0 cm³/mol. The first-order chi connectivity index (χ1) is 10.1. The standard InChI is InChI=1S/C16H24O5/c1-2-3-4-5-6-7-8-9-16(19)21-11-13-10-14(17)15(18)12-20-13/h10,12,18H,2-9,11H2,1H3. The number of ether oxygens (including phenoxy) is 1. The molecule has 1 N–H and O–H groups in total. The molecule has 0 unspecified atom stereocenters. The summed E-state index contributed by atoms with van der Waals surface area (Å²) in [6.07, 6.45) is 9.34. The molecule has 0 saturated carbocycles. The number of unbranched alkanes of at least 4 members (excludes halogenated alkanes) is 6. The molecule has 5 heteroatoms. The second-order valence-corrected chi connectivity index (χ2v) is 5.13.